The van der Waals surface area contributed by atoms with Crippen molar-refractivity contribution in [1.29, 1.82) is 0 Å². The lowest BCUT2D eigenvalue weighted by Crippen LogP contribution is -2.16. The number of rotatable bonds is 4. The van der Waals surface area contributed by atoms with Gasteiger partial charge < -0.3 is 9.50 Å². The molecule has 6 heteroatoms. The molecule has 0 radical (unpaired) electrons. The maximum Gasteiger partial charge on any atom is 0.335 e. The maximum atomic E-state index is 12.6. The normalized spacial score (nSPS) is 13.6. The second-order valence-electron chi connectivity index (χ2n) is 5.52. The van der Waals surface area contributed by atoms with E-state index in [-0.39, 0.29) is 16.6 Å². The standard InChI is InChI=1S/C18H17NO4S/c1-13(20)19-17-8-4-5-9-18(17)23-24(21,22)16-11-10-14-6-2-3-7-15(14)12-16/h2-9,12H,10-11H2,1H3,(H,19,20). The van der Waals surface area contributed by atoms with Crippen LogP contribution < -0.4 is 9.50 Å². The average Bonchev–Trinajstić information content (AvgIpc) is 2.55. The highest BCUT2D eigenvalue weighted by molar-refractivity contribution is 7.91. The molecule has 0 aliphatic heterocycles. The molecule has 0 fully saturated rings. The van der Waals surface area contributed by atoms with E-state index in [4.69, 9.17) is 4.18 Å². The van der Waals surface area contributed by atoms with Gasteiger partial charge in [0, 0.05) is 6.92 Å². The molecule has 124 valence electrons. The molecule has 0 heterocycles. The third-order valence-electron chi connectivity index (χ3n) is 3.73. The first kappa shape index (κ1) is 16.3. The van der Waals surface area contributed by atoms with Crippen molar-refractivity contribution in [2.24, 2.45) is 0 Å². The summed E-state index contributed by atoms with van der Waals surface area (Å²) < 4.78 is 30.5. The van der Waals surface area contributed by atoms with Crippen LogP contribution in [0.1, 0.15) is 24.5 Å². The predicted molar refractivity (Wildman–Crippen MR) is 93.0 cm³/mol. The Morgan fingerprint density at radius 2 is 1.75 bits per heavy atom. The number of amides is 1. The number of allylic oxidation sites excluding steroid dienone is 1. The lowest BCUT2D eigenvalue weighted by Gasteiger charge is -2.17. The van der Waals surface area contributed by atoms with Gasteiger partial charge in [-0.05, 0) is 42.2 Å². The van der Waals surface area contributed by atoms with Crippen LogP contribution in [0, 0.1) is 0 Å². The SMILES string of the molecule is CC(=O)Nc1ccccc1OS(=O)(=O)C1=Cc2ccccc2CC1. The minimum Gasteiger partial charge on any atom is -0.377 e. The summed E-state index contributed by atoms with van der Waals surface area (Å²) in [6.07, 6.45) is 2.69. The number of carbonyl (C=O) groups is 1. The van der Waals surface area contributed by atoms with Crippen molar-refractivity contribution in [3.8, 4) is 5.75 Å². The van der Waals surface area contributed by atoms with Crippen LogP contribution in [0.2, 0.25) is 0 Å². The van der Waals surface area contributed by atoms with Crippen molar-refractivity contribution in [3.63, 3.8) is 0 Å². The van der Waals surface area contributed by atoms with Gasteiger partial charge in [-0.25, -0.2) is 0 Å². The highest BCUT2D eigenvalue weighted by Crippen LogP contribution is 2.31. The second kappa shape index (κ2) is 6.49. The minimum atomic E-state index is -3.93. The zero-order valence-electron chi connectivity index (χ0n) is 13.2. The third-order valence-corrected chi connectivity index (χ3v) is 5.09. The van der Waals surface area contributed by atoms with Crippen LogP contribution in [0.3, 0.4) is 0 Å². The van der Waals surface area contributed by atoms with Crippen LogP contribution >= 0.6 is 0 Å². The van der Waals surface area contributed by atoms with Gasteiger partial charge in [-0.3, -0.25) is 4.79 Å². The number of benzene rings is 2. The molecular formula is C18H17NO4S. The fourth-order valence-corrected chi connectivity index (χ4v) is 3.72. The average molecular weight is 343 g/mol. The topological polar surface area (TPSA) is 72.5 Å². The van der Waals surface area contributed by atoms with Gasteiger partial charge in [-0.1, -0.05) is 36.4 Å². The van der Waals surface area contributed by atoms with Crippen molar-refractivity contribution in [2.75, 3.05) is 5.32 Å². The Morgan fingerprint density at radius 1 is 1.04 bits per heavy atom. The third kappa shape index (κ3) is 3.49. The number of aryl methyl sites for hydroxylation is 1. The number of nitrogens with one attached hydrogen (secondary N) is 1. The quantitative estimate of drug-likeness (QED) is 0.864. The zero-order valence-corrected chi connectivity index (χ0v) is 14.0. The van der Waals surface area contributed by atoms with Gasteiger partial charge in [0.2, 0.25) is 5.91 Å². The van der Waals surface area contributed by atoms with Gasteiger partial charge in [0.1, 0.15) is 0 Å². The van der Waals surface area contributed by atoms with Gasteiger partial charge in [-0.2, -0.15) is 8.42 Å². The zero-order chi connectivity index (χ0) is 17.2. The van der Waals surface area contributed by atoms with Crippen LogP contribution in [0.15, 0.2) is 53.4 Å². The summed E-state index contributed by atoms with van der Waals surface area (Å²) in [5.41, 5.74) is 2.33. The van der Waals surface area contributed by atoms with Gasteiger partial charge >= 0.3 is 10.1 Å². The largest absolute Gasteiger partial charge is 0.377 e. The van der Waals surface area contributed by atoms with E-state index >= 15 is 0 Å². The van der Waals surface area contributed by atoms with Crippen molar-refractivity contribution in [3.05, 3.63) is 64.6 Å². The Labute approximate surface area is 141 Å². The van der Waals surface area contributed by atoms with Crippen LogP contribution in [0.5, 0.6) is 5.75 Å². The smallest absolute Gasteiger partial charge is 0.335 e. The first-order valence-corrected chi connectivity index (χ1v) is 8.96. The Kier molecular flexibility index (Phi) is 4.40. The lowest BCUT2D eigenvalue weighted by molar-refractivity contribution is -0.114. The van der Waals surface area contributed by atoms with Gasteiger partial charge in [0.25, 0.3) is 0 Å². The summed E-state index contributed by atoms with van der Waals surface area (Å²) in [5.74, 6) is -0.193. The molecule has 1 amide bonds. The number of anilines is 1. The molecule has 3 rings (SSSR count). The number of para-hydroxylation sites is 2. The van der Waals surface area contributed by atoms with Crippen LogP contribution in [-0.4, -0.2) is 14.3 Å². The molecule has 0 saturated carbocycles. The number of fused-ring (bicyclic) bond motifs is 1. The lowest BCUT2D eigenvalue weighted by atomic mass is 9.98. The second-order valence-corrected chi connectivity index (χ2v) is 7.12. The molecule has 2 aromatic rings. The summed E-state index contributed by atoms with van der Waals surface area (Å²) in [7, 11) is -3.93. The Bertz CT molecular complexity index is 916. The van der Waals surface area contributed by atoms with Gasteiger partial charge in [0.15, 0.2) is 5.75 Å². The number of hydrogen-bond donors (Lipinski definition) is 1. The summed E-state index contributed by atoms with van der Waals surface area (Å²) in [4.78, 5) is 11.5. The van der Waals surface area contributed by atoms with Crippen molar-refractivity contribution in [1.82, 2.24) is 0 Å². The molecule has 0 atom stereocenters. The summed E-state index contributed by atoms with van der Waals surface area (Å²) in [5, 5.41) is 2.57. The van der Waals surface area contributed by atoms with E-state index in [0.29, 0.717) is 18.5 Å². The molecule has 24 heavy (non-hydrogen) atoms. The van der Waals surface area contributed by atoms with E-state index in [9.17, 15) is 13.2 Å². The predicted octanol–water partition coefficient (Wildman–Crippen LogP) is 3.34. The van der Waals surface area contributed by atoms with Crippen molar-refractivity contribution < 1.29 is 17.4 Å². The molecule has 1 aliphatic rings. The molecule has 1 aliphatic carbocycles. The van der Waals surface area contributed by atoms with Crippen LogP contribution in [0.4, 0.5) is 5.69 Å². The molecule has 0 bridgehead atoms. The molecule has 2 aromatic carbocycles. The Hall–Kier alpha value is -2.60. The minimum absolute atomic E-state index is 0.104. The maximum absolute atomic E-state index is 12.6. The van der Waals surface area contributed by atoms with Gasteiger partial charge in [-0.15, -0.1) is 0 Å². The monoisotopic (exact) mass is 343 g/mol. The highest BCUT2D eigenvalue weighted by Gasteiger charge is 2.24. The fourth-order valence-electron chi connectivity index (χ4n) is 2.61. The summed E-state index contributed by atoms with van der Waals surface area (Å²) in [6, 6.07) is 14.1. The van der Waals surface area contributed by atoms with Crippen LogP contribution in [-0.2, 0) is 21.3 Å². The van der Waals surface area contributed by atoms with Crippen LogP contribution in [0.25, 0.3) is 6.08 Å². The van der Waals surface area contributed by atoms with E-state index in [1.54, 1.807) is 24.3 Å². The first-order valence-electron chi connectivity index (χ1n) is 7.55. The summed E-state index contributed by atoms with van der Waals surface area (Å²) >= 11 is 0. The van der Waals surface area contributed by atoms with Crippen molar-refractivity contribution in [2.45, 2.75) is 19.8 Å². The van der Waals surface area contributed by atoms with E-state index in [2.05, 4.69) is 5.32 Å². The first-order chi connectivity index (χ1) is 11.5. The van der Waals surface area contributed by atoms with Crippen molar-refractivity contribution >= 4 is 27.8 Å². The highest BCUT2D eigenvalue weighted by atomic mass is 32.2. The van der Waals surface area contributed by atoms with Gasteiger partial charge in [0.05, 0.1) is 10.6 Å². The molecule has 0 spiro atoms. The van der Waals surface area contributed by atoms with E-state index in [1.807, 2.05) is 24.3 Å². The molecule has 0 unspecified atom stereocenters. The Balaban J connectivity index is 1.91. The molecular weight excluding hydrogens is 326 g/mol. The molecule has 0 saturated heterocycles. The molecule has 0 aromatic heterocycles. The van der Waals surface area contributed by atoms with E-state index in [1.165, 1.54) is 13.0 Å². The number of hydrogen-bond acceptors (Lipinski definition) is 4. The number of carbonyl (C=O) groups excluding carboxylic acids is 1. The molecule has 1 N–H and O–H groups in total. The molecule has 5 nitrogen and oxygen atoms in total. The fraction of sp³-hybridized carbons (Fsp3) is 0.167. The Morgan fingerprint density at radius 3 is 2.54 bits per heavy atom. The van der Waals surface area contributed by atoms with E-state index in [0.717, 1.165) is 11.1 Å². The summed E-state index contributed by atoms with van der Waals surface area (Å²) in [6.45, 7) is 1.35. The van der Waals surface area contributed by atoms with E-state index < -0.39 is 10.1 Å².